The number of para-hydroxylation sites is 1. The molecule has 6 rings (SSSR count). The zero-order chi connectivity index (χ0) is 34.8. The fraction of sp³-hybridized carbons (Fsp3) is 0.429. The summed E-state index contributed by atoms with van der Waals surface area (Å²) in [7, 11) is 0. The number of halogens is 3. The van der Waals surface area contributed by atoms with Gasteiger partial charge in [-0.25, -0.2) is 4.79 Å². The van der Waals surface area contributed by atoms with Crippen LogP contribution in [-0.2, 0) is 25.8 Å². The van der Waals surface area contributed by atoms with Crippen LogP contribution in [0.15, 0.2) is 97.3 Å². The van der Waals surface area contributed by atoms with E-state index in [1.807, 2.05) is 30.3 Å². The van der Waals surface area contributed by atoms with Gasteiger partial charge in [0.25, 0.3) is 0 Å². The molecule has 0 radical (unpaired) electrons. The van der Waals surface area contributed by atoms with E-state index in [1.165, 1.54) is 106 Å². The Hall–Kier alpha value is -4.17. The molecular formula is C42H49F3N4O. The average molecular weight is 683 g/mol. The molecule has 0 spiro atoms. The van der Waals surface area contributed by atoms with Gasteiger partial charge in [-0.05, 0) is 83.5 Å². The Kier molecular flexibility index (Phi) is 12.2. The van der Waals surface area contributed by atoms with Crippen molar-refractivity contribution in [2.24, 2.45) is 11.8 Å². The van der Waals surface area contributed by atoms with Gasteiger partial charge in [0.05, 0.1) is 11.3 Å². The Balaban J connectivity index is 1.12. The Morgan fingerprint density at radius 2 is 1.20 bits per heavy atom. The molecule has 5 nitrogen and oxygen atoms in total. The van der Waals surface area contributed by atoms with Gasteiger partial charge in [-0.15, -0.1) is 0 Å². The Bertz CT molecular complexity index is 1610. The molecule has 4 aromatic rings. The van der Waals surface area contributed by atoms with Crippen LogP contribution in [0.1, 0.15) is 86.5 Å². The van der Waals surface area contributed by atoms with Crippen LogP contribution in [0.2, 0.25) is 0 Å². The van der Waals surface area contributed by atoms with Gasteiger partial charge in [0.2, 0.25) is 0 Å². The van der Waals surface area contributed by atoms with Crippen LogP contribution in [0, 0.1) is 11.8 Å². The highest BCUT2D eigenvalue weighted by Crippen LogP contribution is 2.35. The summed E-state index contributed by atoms with van der Waals surface area (Å²) in [6.45, 7) is 3.82. The summed E-state index contributed by atoms with van der Waals surface area (Å²) < 4.78 is 40.9. The first kappa shape index (κ1) is 35.6. The largest absolute Gasteiger partial charge is 0.418 e. The van der Waals surface area contributed by atoms with Crippen LogP contribution in [-0.4, -0.2) is 33.9 Å². The molecule has 0 saturated heterocycles. The molecule has 0 bridgehead atoms. The first-order valence-electron chi connectivity index (χ1n) is 18.3. The third-order valence-electron chi connectivity index (χ3n) is 10.4. The normalized spacial score (nSPS) is 16.0. The maximum absolute atomic E-state index is 13.6. The summed E-state index contributed by atoms with van der Waals surface area (Å²) in [6.07, 6.45) is 12.5. The molecule has 0 unspecified atom stereocenters. The maximum Gasteiger partial charge on any atom is 0.418 e. The minimum Gasteiger partial charge on any atom is -0.316 e. The second kappa shape index (κ2) is 17.2. The fourth-order valence-corrected chi connectivity index (χ4v) is 7.70. The summed E-state index contributed by atoms with van der Waals surface area (Å²) in [5, 5.41) is 2.50. The van der Waals surface area contributed by atoms with Crippen molar-refractivity contribution in [2.45, 2.75) is 90.0 Å². The van der Waals surface area contributed by atoms with E-state index < -0.39 is 17.8 Å². The number of carbonyl (C=O) groups is 1. The number of pyridine rings is 1. The summed E-state index contributed by atoms with van der Waals surface area (Å²) in [4.78, 5) is 21.8. The number of carbonyl (C=O) groups excluding carboxylic acids is 1. The molecule has 2 amide bonds. The summed E-state index contributed by atoms with van der Waals surface area (Å²) >= 11 is 0. The summed E-state index contributed by atoms with van der Waals surface area (Å²) in [5.41, 5.74) is 4.04. The van der Waals surface area contributed by atoms with E-state index in [-0.39, 0.29) is 18.8 Å². The zero-order valence-electron chi connectivity index (χ0n) is 28.9. The van der Waals surface area contributed by atoms with Gasteiger partial charge in [-0.1, -0.05) is 105 Å². The predicted octanol–water partition coefficient (Wildman–Crippen LogP) is 11.0. The van der Waals surface area contributed by atoms with Crippen molar-refractivity contribution >= 4 is 11.7 Å². The molecule has 264 valence electrons. The van der Waals surface area contributed by atoms with Gasteiger partial charge >= 0.3 is 12.2 Å². The molecule has 1 N–H and O–H groups in total. The highest BCUT2D eigenvalue weighted by Gasteiger charge is 2.34. The molecular weight excluding hydrogens is 633 g/mol. The molecule has 2 aliphatic rings. The predicted molar refractivity (Wildman–Crippen MR) is 194 cm³/mol. The van der Waals surface area contributed by atoms with E-state index in [4.69, 9.17) is 0 Å². The molecule has 2 fully saturated rings. The van der Waals surface area contributed by atoms with Crippen molar-refractivity contribution in [1.29, 1.82) is 0 Å². The third kappa shape index (κ3) is 10.2. The number of alkyl halides is 3. The Morgan fingerprint density at radius 1 is 0.660 bits per heavy atom. The third-order valence-corrected chi connectivity index (χ3v) is 10.4. The van der Waals surface area contributed by atoms with Crippen molar-refractivity contribution < 1.29 is 18.0 Å². The molecule has 3 aromatic carbocycles. The first-order chi connectivity index (χ1) is 24.3. The van der Waals surface area contributed by atoms with Gasteiger partial charge in [0.15, 0.2) is 0 Å². The van der Waals surface area contributed by atoms with E-state index in [9.17, 15) is 18.0 Å². The second-order valence-electron chi connectivity index (χ2n) is 14.3. The number of hydrogen-bond acceptors (Lipinski definition) is 3. The highest BCUT2D eigenvalue weighted by molar-refractivity contribution is 5.90. The SMILES string of the molecule is O=C(Nc1ccccc1C(F)(F)F)N(Cc1ccc(-c2ccc(CN(CC3CCCCC3)CC3CCCCC3)cc2)cc1)Cc1cccnc1. The van der Waals surface area contributed by atoms with Crippen LogP contribution < -0.4 is 5.32 Å². The number of hydrogen-bond donors (Lipinski definition) is 1. The van der Waals surface area contributed by atoms with E-state index in [0.29, 0.717) is 0 Å². The van der Waals surface area contributed by atoms with Crippen molar-refractivity contribution in [3.63, 3.8) is 0 Å². The molecule has 8 heteroatoms. The van der Waals surface area contributed by atoms with Crippen LogP contribution >= 0.6 is 0 Å². The van der Waals surface area contributed by atoms with E-state index in [1.54, 1.807) is 18.5 Å². The van der Waals surface area contributed by atoms with Gasteiger partial charge in [0.1, 0.15) is 0 Å². The lowest BCUT2D eigenvalue weighted by Gasteiger charge is -2.33. The lowest BCUT2D eigenvalue weighted by Crippen LogP contribution is -2.35. The number of rotatable bonds is 12. The van der Waals surface area contributed by atoms with E-state index in [2.05, 4.69) is 39.5 Å². The number of urea groups is 1. The number of nitrogens with one attached hydrogen (secondary N) is 1. The Labute approximate surface area is 294 Å². The topological polar surface area (TPSA) is 48.5 Å². The highest BCUT2D eigenvalue weighted by atomic mass is 19.4. The van der Waals surface area contributed by atoms with Crippen molar-refractivity contribution in [1.82, 2.24) is 14.8 Å². The van der Waals surface area contributed by atoms with Crippen molar-refractivity contribution in [3.05, 3.63) is 120 Å². The minimum atomic E-state index is -4.59. The molecule has 0 atom stereocenters. The molecule has 0 aliphatic heterocycles. The molecule has 1 heterocycles. The van der Waals surface area contributed by atoms with E-state index in [0.717, 1.165) is 46.7 Å². The number of amides is 2. The lowest BCUT2D eigenvalue weighted by atomic mass is 9.86. The van der Waals surface area contributed by atoms with Gasteiger partial charge in [-0.3, -0.25) is 9.88 Å². The van der Waals surface area contributed by atoms with Crippen LogP contribution in [0.4, 0.5) is 23.7 Å². The quantitative estimate of drug-likeness (QED) is 0.162. The zero-order valence-corrected chi connectivity index (χ0v) is 28.9. The van der Waals surface area contributed by atoms with Gasteiger partial charge in [0, 0.05) is 45.1 Å². The van der Waals surface area contributed by atoms with Crippen molar-refractivity contribution in [2.75, 3.05) is 18.4 Å². The van der Waals surface area contributed by atoms with Crippen LogP contribution in [0.5, 0.6) is 0 Å². The smallest absolute Gasteiger partial charge is 0.316 e. The molecule has 1 aromatic heterocycles. The molecule has 50 heavy (non-hydrogen) atoms. The summed E-state index contributed by atoms with van der Waals surface area (Å²) in [6, 6.07) is 25.0. The minimum absolute atomic E-state index is 0.190. The lowest BCUT2D eigenvalue weighted by molar-refractivity contribution is -0.136. The second-order valence-corrected chi connectivity index (χ2v) is 14.3. The van der Waals surface area contributed by atoms with Crippen molar-refractivity contribution in [3.8, 4) is 11.1 Å². The number of anilines is 1. The van der Waals surface area contributed by atoms with Crippen LogP contribution in [0.25, 0.3) is 11.1 Å². The number of nitrogens with zero attached hydrogens (tertiary/aromatic N) is 3. The molecule has 2 saturated carbocycles. The monoisotopic (exact) mass is 682 g/mol. The van der Waals surface area contributed by atoms with Crippen LogP contribution in [0.3, 0.4) is 0 Å². The van der Waals surface area contributed by atoms with E-state index >= 15 is 0 Å². The van der Waals surface area contributed by atoms with Gasteiger partial charge in [-0.2, -0.15) is 13.2 Å². The first-order valence-corrected chi connectivity index (χ1v) is 18.3. The summed E-state index contributed by atoms with van der Waals surface area (Å²) in [5.74, 6) is 1.65. The average Bonchev–Trinajstić information content (AvgIpc) is 3.13. The van der Waals surface area contributed by atoms with Gasteiger partial charge < -0.3 is 10.2 Å². The Morgan fingerprint density at radius 3 is 1.74 bits per heavy atom. The fourth-order valence-electron chi connectivity index (χ4n) is 7.70. The molecule has 2 aliphatic carbocycles. The standard InChI is InChI=1S/C42H49F3N4O/c43-42(44,45)39-15-7-8-16-40(39)47-41(50)49(31-36-14-9-25-46-26-36)30-35-19-23-38(24-20-35)37-21-17-34(18-22-37)29-48(27-32-10-3-1-4-11-32)28-33-12-5-2-6-13-33/h7-9,14-26,32-33H,1-6,10-13,27-31H2,(H,47,50). The number of aromatic nitrogens is 1. The number of benzene rings is 3. The maximum atomic E-state index is 13.6.